The van der Waals surface area contributed by atoms with E-state index in [-0.39, 0.29) is 0 Å². The number of rotatable bonds is 1. The summed E-state index contributed by atoms with van der Waals surface area (Å²) in [6.45, 7) is 2.08. The van der Waals surface area contributed by atoms with Crippen LogP contribution in [0, 0.1) is 18.3 Å². The Balaban J connectivity index is 2.69. The maximum Gasteiger partial charge on any atom is 0.0669 e. The molecule has 70 valence electrons. The van der Waals surface area contributed by atoms with Crippen LogP contribution in [0.1, 0.15) is 11.1 Å². The van der Waals surface area contributed by atoms with E-state index in [9.17, 15) is 0 Å². The topological polar surface area (TPSA) is 23.8 Å². The summed E-state index contributed by atoms with van der Waals surface area (Å²) >= 11 is 5.24. The van der Waals surface area contributed by atoms with E-state index in [0.717, 1.165) is 10.0 Å². The number of nitrogens with zero attached hydrogens (tertiary/aromatic N) is 1. The highest BCUT2D eigenvalue weighted by Crippen LogP contribution is 2.33. The van der Waals surface area contributed by atoms with Crippen LogP contribution < -0.4 is 0 Å². The van der Waals surface area contributed by atoms with E-state index in [1.165, 1.54) is 15.6 Å². The van der Waals surface area contributed by atoms with Crippen molar-refractivity contribution in [3.8, 4) is 6.07 Å². The van der Waals surface area contributed by atoms with Crippen molar-refractivity contribution in [1.29, 1.82) is 5.26 Å². The van der Waals surface area contributed by atoms with Crippen molar-refractivity contribution in [2.75, 3.05) is 0 Å². The van der Waals surface area contributed by atoms with Crippen LogP contribution in [0.25, 0.3) is 10.1 Å². The zero-order chi connectivity index (χ0) is 10.1. The maximum absolute atomic E-state index is 8.63. The molecule has 0 atom stereocenters. The van der Waals surface area contributed by atoms with Crippen LogP contribution in [-0.2, 0) is 6.42 Å². The molecule has 0 bridgehead atoms. The van der Waals surface area contributed by atoms with Crippen molar-refractivity contribution in [3.63, 3.8) is 0 Å². The Bertz CT molecular complexity index is 522. The molecule has 0 unspecified atom stereocenters. The van der Waals surface area contributed by atoms with Crippen LogP contribution in [-0.4, -0.2) is 0 Å². The lowest BCUT2D eigenvalue weighted by Gasteiger charge is -2.00. The van der Waals surface area contributed by atoms with Crippen LogP contribution in [0.15, 0.2) is 22.0 Å². The number of aryl methyl sites for hydroxylation is 1. The van der Waals surface area contributed by atoms with Crippen molar-refractivity contribution in [2.24, 2.45) is 0 Å². The quantitative estimate of drug-likeness (QED) is 0.764. The average molecular weight is 266 g/mol. The molecule has 0 fully saturated rings. The van der Waals surface area contributed by atoms with Gasteiger partial charge in [0.25, 0.3) is 0 Å². The first-order valence-electron chi connectivity index (χ1n) is 4.25. The van der Waals surface area contributed by atoms with Gasteiger partial charge in [0.05, 0.1) is 12.5 Å². The molecule has 0 aliphatic carbocycles. The fourth-order valence-electron chi connectivity index (χ4n) is 1.59. The Hall–Kier alpha value is -0.850. The number of thiophene rings is 1. The van der Waals surface area contributed by atoms with Crippen molar-refractivity contribution >= 4 is 37.4 Å². The zero-order valence-corrected chi connectivity index (χ0v) is 10.1. The number of hydrogen-bond acceptors (Lipinski definition) is 2. The summed E-state index contributed by atoms with van der Waals surface area (Å²) in [5, 5.41) is 12.0. The summed E-state index contributed by atoms with van der Waals surface area (Å²) in [7, 11) is 0. The highest BCUT2D eigenvalue weighted by Gasteiger charge is 2.06. The third-order valence-electron chi connectivity index (χ3n) is 2.17. The third kappa shape index (κ3) is 1.56. The molecule has 0 spiro atoms. The van der Waals surface area contributed by atoms with Gasteiger partial charge in [-0.25, -0.2) is 0 Å². The summed E-state index contributed by atoms with van der Waals surface area (Å²) in [5.74, 6) is 0. The molecule has 2 aromatic rings. The first-order valence-corrected chi connectivity index (χ1v) is 5.93. The standard InChI is InChI=1S/C11H8BrNS/c1-7-4-8(2-3-13)5-10-11(7)9(12)6-14-10/h4-6H,2H2,1H3. The molecule has 1 heterocycles. The van der Waals surface area contributed by atoms with Gasteiger partial charge in [0.1, 0.15) is 0 Å². The molecule has 0 aliphatic rings. The van der Waals surface area contributed by atoms with E-state index < -0.39 is 0 Å². The molecule has 2 rings (SSSR count). The third-order valence-corrected chi connectivity index (χ3v) is 4.03. The van der Waals surface area contributed by atoms with Crippen molar-refractivity contribution in [1.82, 2.24) is 0 Å². The van der Waals surface area contributed by atoms with E-state index in [1.54, 1.807) is 11.3 Å². The van der Waals surface area contributed by atoms with E-state index >= 15 is 0 Å². The minimum atomic E-state index is 0.492. The van der Waals surface area contributed by atoms with Gasteiger partial charge in [0.2, 0.25) is 0 Å². The molecule has 0 aliphatic heterocycles. The molecule has 1 aromatic carbocycles. The largest absolute Gasteiger partial charge is 0.198 e. The molecule has 0 saturated heterocycles. The number of halogens is 1. The molecule has 0 radical (unpaired) electrons. The predicted molar refractivity (Wildman–Crippen MR) is 63.6 cm³/mol. The van der Waals surface area contributed by atoms with Gasteiger partial charge in [-0.15, -0.1) is 11.3 Å². The van der Waals surface area contributed by atoms with Crippen LogP contribution in [0.4, 0.5) is 0 Å². The fourth-order valence-corrected chi connectivity index (χ4v) is 3.49. The molecule has 1 nitrogen and oxygen atoms in total. The SMILES string of the molecule is Cc1cc(CC#N)cc2scc(Br)c12. The van der Waals surface area contributed by atoms with Crippen molar-refractivity contribution < 1.29 is 0 Å². The summed E-state index contributed by atoms with van der Waals surface area (Å²) in [6.07, 6.45) is 0.492. The van der Waals surface area contributed by atoms with E-state index in [1.807, 2.05) is 0 Å². The molecule has 3 heteroatoms. The fraction of sp³-hybridized carbons (Fsp3) is 0.182. The van der Waals surface area contributed by atoms with Gasteiger partial charge in [-0.05, 0) is 40.0 Å². The Morgan fingerprint density at radius 1 is 1.50 bits per heavy atom. The number of nitriles is 1. The van der Waals surface area contributed by atoms with Crippen molar-refractivity contribution in [3.05, 3.63) is 33.1 Å². The van der Waals surface area contributed by atoms with E-state index in [4.69, 9.17) is 5.26 Å². The molecular weight excluding hydrogens is 258 g/mol. The highest BCUT2D eigenvalue weighted by molar-refractivity contribution is 9.10. The molecule has 0 saturated carbocycles. The highest BCUT2D eigenvalue weighted by atomic mass is 79.9. The summed E-state index contributed by atoms with van der Waals surface area (Å²) in [5.41, 5.74) is 2.34. The second kappa shape index (κ2) is 3.72. The minimum Gasteiger partial charge on any atom is -0.198 e. The molecule has 1 aromatic heterocycles. The molecule has 0 N–H and O–H groups in total. The second-order valence-corrected chi connectivity index (χ2v) is 4.97. The van der Waals surface area contributed by atoms with Crippen LogP contribution in [0.2, 0.25) is 0 Å². The summed E-state index contributed by atoms with van der Waals surface area (Å²) in [6, 6.07) is 6.36. The predicted octanol–water partition coefficient (Wildman–Crippen LogP) is 4.04. The van der Waals surface area contributed by atoms with Crippen LogP contribution in [0.5, 0.6) is 0 Å². The monoisotopic (exact) mass is 265 g/mol. The summed E-state index contributed by atoms with van der Waals surface area (Å²) < 4.78 is 2.40. The van der Waals surface area contributed by atoms with Gasteiger partial charge in [0.15, 0.2) is 0 Å². The molecule has 0 amide bonds. The van der Waals surface area contributed by atoms with Crippen molar-refractivity contribution in [2.45, 2.75) is 13.3 Å². The normalized spacial score (nSPS) is 10.4. The first-order chi connectivity index (χ1) is 6.72. The maximum atomic E-state index is 8.63. The van der Waals surface area contributed by atoms with Gasteiger partial charge in [-0.2, -0.15) is 5.26 Å². The van der Waals surface area contributed by atoms with Gasteiger partial charge < -0.3 is 0 Å². The lowest BCUT2D eigenvalue weighted by molar-refractivity contribution is 1.26. The Morgan fingerprint density at radius 3 is 3.00 bits per heavy atom. The van der Waals surface area contributed by atoms with Gasteiger partial charge in [0, 0.05) is 19.9 Å². The minimum absolute atomic E-state index is 0.492. The Kier molecular flexibility index (Phi) is 2.58. The number of benzene rings is 1. The van der Waals surface area contributed by atoms with Gasteiger partial charge >= 0.3 is 0 Å². The number of fused-ring (bicyclic) bond motifs is 1. The first kappa shape index (κ1) is 9.70. The second-order valence-electron chi connectivity index (χ2n) is 3.20. The van der Waals surface area contributed by atoms with E-state index in [0.29, 0.717) is 6.42 Å². The Morgan fingerprint density at radius 2 is 2.29 bits per heavy atom. The summed E-state index contributed by atoms with van der Waals surface area (Å²) in [4.78, 5) is 0. The lowest BCUT2D eigenvalue weighted by Crippen LogP contribution is -1.83. The molecular formula is C11H8BrNS. The van der Waals surface area contributed by atoms with Crippen LogP contribution in [0.3, 0.4) is 0 Å². The van der Waals surface area contributed by atoms with Gasteiger partial charge in [-0.3, -0.25) is 0 Å². The smallest absolute Gasteiger partial charge is 0.0669 e. The average Bonchev–Trinajstić information content (AvgIpc) is 2.48. The zero-order valence-electron chi connectivity index (χ0n) is 7.67. The van der Waals surface area contributed by atoms with Crippen LogP contribution >= 0.6 is 27.3 Å². The van der Waals surface area contributed by atoms with E-state index in [2.05, 4.69) is 46.4 Å². The number of hydrogen-bond donors (Lipinski definition) is 0. The molecule has 14 heavy (non-hydrogen) atoms. The van der Waals surface area contributed by atoms with Gasteiger partial charge in [-0.1, -0.05) is 6.07 Å². The Labute approximate surface area is 95.1 Å². The lowest BCUT2D eigenvalue weighted by atomic mass is 10.1.